The van der Waals surface area contributed by atoms with Gasteiger partial charge >= 0.3 is 0 Å². The van der Waals surface area contributed by atoms with Crippen LogP contribution in [-0.2, 0) is 6.61 Å². The highest BCUT2D eigenvalue weighted by Gasteiger charge is 2.33. The summed E-state index contributed by atoms with van der Waals surface area (Å²) in [4.78, 5) is 0. The van der Waals surface area contributed by atoms with Crippen molar-refractivity contribution >= 4 is 0 Å². The van der Waals surface area contributed by atoms with Gasteiger partial charge in [0.05, 0.1) is 12.5 Å². The molecule has 7 heteroatoms. The number of nitrogens with zero attached hydrogens (tertiary/aromatic N) is 1. The van der Waals surface area contributed by atoms with Crippen LogP contribution >= 0.6 is 0 Å². The molecule has 166 valence electrons. The Morgan fingerprint density at radius 3 is 2.52 bits per heavy atom. The number of fused-ring (bicyclic) bond motifs is 2. The molecule has 1 atom stereocenters. The SMILES string of the molecule is CCOc1cc([C@@H]2C(C#N)=C(N)Oc3cc4c(cc32)OCO4)ccc1OCc1ccccc1. The van der Waals surface area contributed by atoms with E-state index in [4.69, 9.17) is 29.4 Å². The molecule has 7 nitrogen and oxygen atoms in total. The van der Waals surface area contributed by atoms with Crippen molar-refractivity contribution in [2.24, 2.45) is 5.73 Å². The third-order valence-corrected chi connectivity index (χ3v) is 5.55. The van der Waals surface area contributed by atoms with Crippen LogP contribution < -0.4 is 29.4 Å². The Hall–Kier alpha value is -4.31. The van der Waals surface area contributed by atoms with Crippen molar-refractivity contribution in [2.75, 3.05) is 13.4 Å². The van der Waals surface area contributed by atoms with E-state index in [0.29, 0.717) is 47.5 Å². The lowest BCUT2D eigenvalue weighted by atomic mass is 9.83. The summed E-state index contributed by atoms with van der Waals surface area (Å²) in [5, 5.41) is 9.87. The Morgan fingerprint density at radius 2 is 1.76 bits per heavy atom. The van der Waals surface area contributed by atoms with E-state index >= 15 is 0 Å². The summed E-state index contributed by atoms with van der Waals surface area (Å²) in [6, 6.07) is 21.4. The Balaban J connectivity index is 1.54. The number of benzene rings is 3. The van der Waals surface area contributed by atoms with E-state index in [1.807, 2.05) is 61.5 Å². The van der Waals surface area contributed by atoms with Crippen LogP contribution in [0.15, 0.2) is 72.1 Å². The summed E-state index contributed by atoms with van der Waals surface area (Å²) in [5.74, 6) is 2.55. The summed E-state index contributed by atoms with van der Waals surface area (Å²) in [7, 11) is 0. The van der Waals surface area contributed by atoms with Gasteiger partial charge in [-0.15, -0.1) is 0 Å². The third-order valence-electron chi connectivity index (χ3n) is 5.55. The van der Waals surface area contributed by atoms with Gasteiger partial charge in [-0.05, 0) is 36.2 Å². The molecule has 0 amide bonds. The molecule has 0 spiro atoms. The molecule has 0 bridgehead atoms. The van der Waals surface area contributed by atoms with Gasteiger partial charge in [-0.25, -0.2) is 0 Å². The number of ether oxygens (including phenoxy) is 5. The average Bonchev–Trinajstić information content (AvgIpc) is 3.29. The minimum absolute atomic E-state index is 0.0660. The lowest BCUT2D eigenvalue weighted by molar-refractivity contribution is 0.174. The van der Waals surface area contributed by atoms with E-state index < -0.39 is 5.92 Å². The van der Waals surface area contributed by atoms with Gasteiger partial charge in [0.2, 0.25) is 12.7 Å². The zero-order valence-corrected chi connectivity index (χ0v) is 18.0. The van der Waals surface area contributed by atoms with Crippen molar-refractivity contribution in [3.63, 3.8) is 0 Å². The van der Waals surface area contributed by atoms with Crippen molar-refractivity contribution < 1.29 is 23.7 Å². The highest BCUT2D eigenvalue weighted by molar-refractivity contribution is 5.62. The Bertz CT molecular complexity index is 1260. The molecule has 2 N–H and O–H groups in total. The van der Waals surface area contributed by atoms with E-state index in [1.165, 1.54) is 0 Å². The molecule has 2 heterocycles. The molecule has 0 saturated heterocycles. The average molecular weight is 442 g/mol. The molecule has 0 radical (unpaired) electrons. The van der Waals surface area contributed by atoms with Gasteiger partial charge in [0.15, 0.2) is 23.0 Å². The molecule has 0 fully saturated rings. The second kappa shape index (κ2) is 8.67. The first-order valence-electron chi connectivity index (χ1n) is 10.6. The second-order valence-electron chi connectivity index (χ2n) is 7.58. The maximum Gasteiger partial charge on any atom is 0.231 e. The predicted molar refractivity (Wildman–Crippen MR) is 120 cm³/mol. The number of hydrogen-bond donors (Lipinski definition) is 1. The molecule has 33 heavy (non-hydrogen) atoms. The van der Waals surface area contributed by atoms with Crippen LogP contribution in [0.3, 0.4) is 0 Å². The molecular weight excluding hydrogens is 420 g/mol. The number of allylic oxidation sites excluding steroid dienone is 1. The maximum absolute atomic E-state index is 9.87. The lowest BCUT2D eigenvalue weighted by Gasteiger charge is -2.27. The van der Waals surface area contributed by atoms with Crippen molar-refractivity contribution in [1.29, 1.82) is 5.26 Å². The first-order valence-corrected chi connectivity index (χ1v) is 10.6. The minimum Gasteiger partial charge on any atom is -0.490 e. The van der Waals surface area contributed by atoms with E-state index in [1.54, 1.807) is 6.07 Å². The van der Waals surface area contributed by atoms with E-state index in [2.05, 4.69) is 6.07 Å². The lowest BCUT2D eigenvalue weighted by Crippen LogP contribution is -2.21. The Kier molecular flexibility index (Phi) is 5.41. The number of rotatable bonds is 6. The molecule has 3 aromatic carbocycles. The van der Waals surface area contributed by atoms with E-state index in [9.17, 15) is 5.26 Å². The predicted octanol–water partition coefficient (Wildman–Crippen LogP) is 4.61. The molecule has 0 unspecified atom stereocenters. The first-order chi connectivity index (χ1) is 16.2. The van der Waals surface area contributed by atoms with Crippen molar-refractivity contribution in [2.45, 2.75) is 19.4 Å². The van der Waals surface area contributed by atoms with E-state index in [0.717, 1.165) is 16.7 Å². The fourth-order valence-corrected chi connectivity index (χ4v) is 4.02. The first kappa shape index (κ1) is 20.6. The Labute approximate surface area is 191 Å². The van der Waals surface area contributed by atoms with Gasteiger partial charge in [-0.2, -0.15) is 5.26 Å². The third kappa shape index (κ3) is 3.87. The molecule has 5 rings (SSSR count). The van der Waals surface area contributed by atoms with Crippen molar-refractivity contribution in [1.82, 2.24) is 0 Å². The molecule has 0 aliphatic carbocycles. The van der Waals surface area contributed by atoms with Crippen LogP contribution in [0.2, 0.25) is 0 Å². The zero-order chi connectivity index (χ0) is 22.8. The maximum atomic E-state index is 9.87. The quantitative estimate of drug-likeness (QED) is 0.595. The highest BCUT2D eigenvalue weighted by atomic mass is 16.7. The summed E-state index contributed by atoms with van der Waals surface area (Å²) in [6.45, 7) is 2.94. The van der Waals surface area contributed by atoms with Gasteiger partial charge in [-0.3, -0.25) is 0 Å². The fourth-order valence-electron chi connectivity index (χ4n) is 4.02. The second-order valence-corrected chi connectivity index (χ2v) is 7.58. The summed E-state index contributed by atoms with van der Waals surface area (Å²) in [6.07, 6.45) is 0. The highest BCUT2D eigenvalue weighted by Crippen LogP contribution is 2.48. The van der Waals surface area contributed by atoms with Crippen LogP contribution in [0.4, 0.5) is 0 Å². The molecule has 2 aliphatic rings. The van der Waals surface area contributed by atoms with Crippen LogP contribution in [0.5, 0.6) is 28.7 Å². The molecule has 0 aromatic heterocycles. The van der Waals surface area contributed by atoms with Gasteiger partial charge in [0.1, 0.15) is 24.0 Å². The van der Waals surface area contributed by atoms with Crippen molar-refractivity contribution in [3.8, 4) is 34.8 Å². The number of nitriles is 1. The summed E-state index contributed by atoms with van der Waals surface area (Å²) >= 11 is 0. The smallest absolute Gasteiger partial charge is 0.231 e. The summed E-state index contributed by atoms with van der Waals surface area (Å²) in [5.41, 5.74) is 9.10. The molecule has 3 aromatic rings. The van der Waals surface area contributed by atoms with Crippen LogP contribution in [0, 0.1) is 11.3 Å². The van der Waals surface area contributed by atoms with Gasteiger partial charge in [0.25, 0.3) is 0 Å². The largest absolute Gasteiger partial charge is 0.490 e. The fraction of sp³-hybridized carbons (Fsp3) is 0.192. The van der Waals surface area contributed by atoms with E-state index in [-0.39, 0.29) is 12.7 Å². The molecular formula is C26H22N2O5. The van der Waals surface area contributed by atoms with Gasteiger partial charge in [0, 0.05) is 11.6 Å². The number of nitrogens with two attached hydrogens (primary N) is 1. The topological polar surface area (TPSA) is 96.0 Å². The normalized spacial score (nSPS) is 15.9. The molecule has 0 saturated carbocycles. The zero-order valence-electron chi connectivity index (χ0n) is 18.0. The summed E-state index contributed by atoms with van der Waals surface area (Å²) < 4.78 is 28.7. The minimum atomic E-state index is -0.448. The van der Waals surface area contributed by atoms with Gasteiger partial charge in [-0.1, -0.05) is 36.4 Å². The van der Waals surface area contributed by atoms with Crippen LogP contribution in [0.25, 0.3) is 0 Å². The Morgan fingerprint density at radius 1 is 0.970 bits per heavy atom. The van der Waals surface area contributed by atoms with Crippen LogP contribution in [0.1, 0.15) is 29.5 Å². The van der Waals surface area contributed by atoms with Gasteiger partial charge < -0.3 is 29.4 Å². The van der Waals surface area contributed by atoms with Crippen molar-refractivity contribution in [3.05, 3.63) is 88.8 Å². The van der Waals surface area contributed by atoms with Crippen LogP contribution in [-0.4, -0.2) is 13.4 Å². The number of hydrogen-bond acceptors (Lipinski definition) is 7. The molecule has 2 aliphatic heterocycles. The standard InChI is InChI=1S/C26H22N2O5/c1-2-29-22-10-17(8-9-20(22)30-14-16-6-4-3-5-7-16)25-18-11-23-24(32-15-31-23)12-21(18)33-26(28)19(25)13-27/h3-12,25H,2,14-15,28H2,1H3/t25-/m0/s1. The monoisotopic (exact) mass is 442 g/mol.